The van der Waals surface area contributed by atoms with Crippen LogP contribution in [0.15, 0.2) is 41.8 Å². The van der Waals surface area contributed by atoms with Gasteiger partial charge >= 0.3 is 0 Å². The lowest BCUT2D eigenvalue weighted by atomic mass is 10.2. The fourth-order valence-electron chi connectivity index (χ4n) is 2.84. The first-order valence-corrected chi connectivity index (χ1v) is 10.1. The number of nitrogens with one attached hydrogen (secondary N) is 1. The molecule has 1 saturated heterocycles. The summed E-state index contributed by atoms with van der Waals surface area (Å²) in [6, 6.07) is 12.0. The maximum absolute atomic E-state index is 12.5. The third-order valence-electron chi connectivity index (χ3n) is 3.96. The van der Waals surface area contributed by atoms with Crippen LogP contribution in [-0.2, 0) is 16.1 Å². The summed E-state index contributed by atoms with van der Waals surface area (Å²) < 4.78 is 6.80. The SMILES string of the molecule is O=C(CN(Cc1cccs1)CC1CCCO1)Nc1ccccc1I. The highest BCUT2D eigenvalue weighted by Gasteiger charge is 2.21. The van der Waals surface area contributed by atoms with Gasteiger partial charge in [0.1, 0.15) is 0 Å². The summed E-state index contributed by atoms with van der Waals surface area (Å²) in [4.78, 5) is 15.9. The van der Waals surface area contributed by atoms with E-state index in [1.165, 1.54) is 4.88 Å². The number of ether oxygens (including phenoxy) is 1. The van der Waals surface area contributed by atoms with Crippen molar-refractivity contribution in [1.29, 1.82) is 0 Å². The van der Waals surface area contributed by atoms with Crippen LogP contribution in [0.25, 0.3) is 0 Å². The number of hydrogen-bond acceptors (Lipinski definition) is 4. The fraction of sp³-hybridized carbons (Fsp3) is 0.389. The predicted octanol–water partition coefficient (Wildman–Crippen LogP) is 3.97. The highest BCUT2D eigenvalue weighted by atomic mass is 127. The molecule has 3 rings (SSSR count). The van der Waals surface area contributed by atoms with E-state index in [0.29, 0.717) is 6.54 Å². The molecule has 4 nitrogen and oxygen atoms in total. The third kappa shape index (κ3) is 5.27. The maximum atomic E-state index is 12.5. The molecule has 1 aliphatic rings. The molecule has 0 saturated carbocycles. The van der Waals surface area contributed by atoms with Gasteiger partial charge in [0.2, 0.25) is 5.91 Å². The van der Waals surface area contributed by atoms with E-state index in [1.54, 1.807) is 11.3 Å². The average molecular weight is 456 g/mol. The van der Waals surface area contributed by atoms with Gasteiger partial charge in [0.05, 0.1) is 18.3 Å². The standard InChI is InChI=1S/C18H21IN2O2S/c19-16-7-1-2-8-17(16)20-18(22)13-21(11-14-5-3-9-23-14)12-15-6-4-10-24-15/h1-2,4,6-8,10,14H,3,5,9,11-13H2,(H,20,22). The fourth-order valence-corrected chi connectivity index (χ4v) is 4.11. The zero-order valence-corrected chi connectivity index (χ0v) is 16.4. The van der Waals surface area contributed by atoms with Crippen LogP contribution in [0.4, 0.5) is 5.69 Å². The van der Waals surface area contributed by atoms with E-state index >= 15 is 0 Å². The van der Waals surface area contributed by atoms with E-state index < -0.39 is 0 Å². The number of anilines is 1. The summed E-state index contributed by atoms with van der Waals surface area (Å²) in [6.07, 6.45) is 2.44. The van der Waals surface area contributed by atoms with E-state index in [1.807, 2.05) is 24.3 Å². The number of benzene rings is 1. The van der Waals surface area contributed by atoms with Gasteiger partial charge in [0, 0.05) is 28.1 Å². The van der Waals surface area contributed by atoms with E-state index in [0.717, 1.165) is 41.8 Å². The molecule has 128 valence electrons. The van der Waals surface area contributed by atoms with Crippen LogP contribution < -0.4 is 5.32 Å². The number of carbonyl (C=O) groups is 1. The Labute approximate surface area is 160 Å². The molecule has 24 heavy (non-hydrogen) atoms. The molecule has 0 spiro atoms. The van der Waals surface area contributed by atoms with Crippen molar-refractivity contribution < 1.29 is 9.53 Å². The lowest BCUT2D eigenvalue weighted by molar-refractivity contribution is -0.117. The molecule has 1 aliphatic heterocycles. The molecule has 1 fully saturated rings. The van der Waals surface area contributed by atoms with Crippen molar-refractivity contribution in [2.45, 2.75) is 25.5 Å². The summed E-state index contributed by atoms with van der Waals surface area (Å²) >= 11 is 3.97. The smallest absolute Gasteiger partial charge is 0.238 e. The van der Waals surface area contributed by atoms with Gasteiger partial charge in [-0.2, -0.15) is 0 Å². The minimum atomic E-state index is 0.0219. The minimum absolute atomic E-state index is 0.0219. The first-order valence-electron chi connectivity index (χ1n) is 8.11. The Hall–Kier alpha value is -0.960. The molecule has 1 aromatic carbocycles. The molecule has 0 aliphatic carbocycles. The molecule has 1 amide bonds. The predicted molar refractivity (Wildman–Crippen MR) is 106 cm³/mol. The van der Waals surface area contributed by atoms with Crippen LogP contribution in [0.1, 0.15) is 17.7 Å². The van der Waals surface area contributed by atoms with Gasteiger partial charge in [-0.3, -0.25) is 9.69 Å². The van der Waals surface area contributed by atoms with Crippen molar-refractivity contribution in [2.75, 3.05) is 25.0 Å². The van der Waals surface area contributed by atoms with Gasteiger partial charge in [-0.15, -0.1) is 11.3 Å². The molecular formula is C18H21IN2O2S. The summed E-state index contributed by atoms with van der Waals surface area (Å²) in [5.41, 5.74) is 0.872. The Morgan fingerprint density at radius 1 is 1.33 bits per heavy atom. The van der Waals surface area contributed by atoms with Gasteiger partial charge in [-0.05, 0) is 59.0 Å². The van der Waals surface area contributed by atoms with Crippen molar-refractivity contribution >= 4 is 45.5 Å². The zero-order chi connectivity index (χ0) is 16.8. The number of amides is 1. The Kier molecular flexibility index (Phi) is 6.65. The Morgan fingerprint density at radius 3 is 2.92 bits per heavy atom. The van der Waals surface area contributed by atoms with E-state index in [4.69, 9.17) is 4.74 Å². The molecule has 0 bridgehead atoms. The molecule has 1 unspecified atom stereocenters. The molecule has 1 N–H and O–H groups in total. The lowest BCUT2D eigenvalue weighted by Gasteiger charge is -2.24. The second-order valence-electron chi connectivity index (χ2n) is 5.91. The second-order valence-corrected chi connectivity index (χ2v) is 8.11. The number of hydrogen-bond donors (Lipinski definition) is 1. The van der Waals surface area contributed by atoms with E-state index in [9.17, 15) is 4.79 Å². The van der Waals surface area contributed by atoms with Gasteiger partial charge in [-0.25, -0.2) is 0 Å². The highest BCUT2D eigenvalue weighted by molar-refractivity contribution is 14.1. The topological polar surface area (TPSA) is 41.6 Å². The van der Waals surface area contributed by atoms with Crippen molar-refractivity contribution in [3.8, 4) is 0 Å². The average Bonchev–Trinajstić information content (AvgIpc) is 3.23. The van der Waals surface area contributed by atoms with E-state index in [2.05, 4.69) is 50.3 Å². The Bertz CT molecular complexity index is 657. The molecule has 6 heteroatoms. The van der Waals surface area contributed by atoms with Gasteiger partial charge < -0.3 is 10.1 Å². The minimum Gasteiger partial charge on any atom is -0.377 e. The third-order valence-corrected chi connectivity index (χ3v) is 5.76. The summed E-state index contributed by atoms with van der Waals surface area (Å²) in [5.74, 6) is 0.0219. The largest absolute Gasteiger partial charge is 0.377 e. The summed E-state index contributed by atoms with van der Waals surface area (Å²) in [6.45, 7) is 2.81. The second kappa shape index (κ2) is 8.94. The number of thiophene rings is 1. The monoisotopic (exact) mass is 456 g/mol. The lowest BCUT2D eigenvalue weighted by Crippen LogP contribution is -2.37. The van der Waals surface area contributed by atoms with E-state index in [-0.39, 0.29) is 12.0 Å². The summed E-state index contributed by atoms with van der Waals surface area (Å²) in [5, 5.41) is 5.10. The van der Waals surface area contributed by atoms with Crippen LogP contribution in [-0.4, -0.2) is 36.6 Å². The number of rotatable bonds is 7. The number of para-hydroxylation sites is 1. The number of nitrogens with zero attached hydrogens (tertiary/aromatic N) is 1. The zero-order valence-electron chi connectivity index (χ0n) is 13.4. The van der Waals surface area contributed by atoms with Gasteiger partial charge in [-0.1, -0.05) is 18.2 Å². The Balaban J connectivity index is 1.61. The quantitative estimate of drug-likeness (QED) is 0.642. The van der Waals surface area contributed by atoms with Crippen LogP contribution >= 0.6 is 33.9 Å². The molecule has 1 aromatic heterocycles. The van der Waals surface area contributed by atoms with Crippen LogP contribution in [0.5, 0.6) is 0 Å². The van der Waals surface area contributed by atoms with Crippen LogP contribution in [0, 0.1) is 3.57 Å². The van der Waals surface area contributed by atoms with Crippen molar-refractivity contribution in [2.24, 2.45) is 0 Å². The number of carbonyl (C=O) groups excluding carboxylic acids is 1. The van der Waals surface area contributed by atoms with Crippen LogP contribution in [0.2, 0.25) is 0 Å². The summed E-state index contributed by atoms with van der Waals surface area (Å²) in [7, 11) is 0. The van der Waals surface area contributed by atoms with Gasteiger partial charge in [0.25, 0.3) is 0 Å². The van der Waals surface area contributed by atoms with Crippen molar-refractivity contribution in [1.82, 2.24) is 4.90 Å². The van der Waals surface area contributed by atoms with Crippen molar-refractivity contribution in [3.05, 3.63) is 50.2 Å². The maximum Gasteiger partial charge on any atom is 0.238 e. The first-order chi connectivity index (χ1) is 11.7. The molecule has 0 radical (unpaired) electrons. The normalized spacial score (nSPS) is 17.3. The molecule has 2 heterocycles. The molecule has 1 atom stereocenters. The van der Waals surface area contributed by atoms with Crippen LogP contribution in [0.3, 0.4) is 0 Å². The molecular weight excluding hydrogens is 435 g/mol. The molecule has 2 aromatic rings. The highest BCUT2D eigenvalue weighted by Crippen LogP contribution is 2.19. The van der Waals surface area contributed by atoms with Crippen molar-refractivity contribution in [3.63, 3.8) is 0 Å². The number of halogens is 1. The first kappa shape index (κ1) is 17.8. The Morgan fingerprint density at radius 2 is 2.21 bits per heavy atom. The van der Waals surface area contributed by atoms with Gasteiger partial charge in [0.15, 0.2) is 0 Å².